The van der Waals surface area contributed by atoms with E-state index in [2.05, 4.69) is 9.62 Å². The first-order chi connectivity index (χ1) is 8.06. The van der Waals surface area contributed by atoms with Gasteiger partial charge in [-0.25, -0.2) is 13.1 Å². The molecule has 0 aromatic heterocycles. The Morgan fingerprint density at radius 3 is 2.65 bits per heavy atom. The van der Waals surface area contributed by atoms with Crippen LogP contribution in [-0.4, -0.2) is 64.5 Å². The maximum absolute atomic E-state index is 11.6. The predicted octanol–water partition coefficient (Wildman–Crippen LogP) is -1.02. The molecule has 7 heteroatoms. The summed E-state index contributed by atoms with van der Waals surface area (Å²) in [7, 11) is -3.23. The maximum atomic E-state index is 11.6. The Morgan fingerprint density at radius 1 is 1.41 bits per heavy atom. The van der Waals surface area contributed by atoms with Gasteiger partial charge in [-0.2, -0.15) is 0 Å². The quantitative estimate of drug-likeness (QED) is 0.575. The number of ether oxygens (including phenoxy) is 1. The first-order valence-electron chi connectivity index (χ1n) is 6.05. The average Bonchev–Trinajstić information content (AvgIpc) is 2.35. The third kappa shape index (κ3) is 5.31. The van der Waals surface area contributed by atoms with Gasteiger partial charge >= 0.3 is 0 Å². The van der Waals surface area contributed by atoms with E-state index in [4.69, 9.17) is 10.5 Å². The summed E-state index contributed by atoms with van der Waals surface area (Å²) in [6.07, 6.45) is 0.816. The van der Waals surface area contributed by atoms with E-state index in [1.54, 1.807) is 6.92 Å². The summed E-state index contributed by atoms with van der Waals surface area (Å²) >= 11 is 0. The Kier molecular flexibility index (Phi) is 6.35. The molecule has 1 aliphatic heterocycles. The van der Waals surface area contributed by atoms with E-state index in [1.807, 2.05) is 0 Å². The van der Waals surface area contributed by atoms with Crippen molar-refractivity contribution in [2.75, 3.05) is 45.9 Å². The van der Waals surface area contributed by atoms with E-state index >= 15 is 0 Å². The van der Waals surface area contributed by atoms with Crippen molar-refractivity contribution < 1.29 is 13.2 Å². The minimum absolute atomic E-state index is 0.152. The number of nitrogens with one attached hydrogen (secondary N) is 1. The van der Waals surface area contributed by atoms with Gasteiger partial charge in [0.25, 0.3) is 0 Å². The van der Waals surface area contributed by atoms with E-state index in [9.17, 15) is 8.42 Å². The Labute approximate surface area is 104 Å². The standard InChI is InChI=1S/C10H23N3O3S/c1-10(9-11)17(14,15)12-3-2-4-13-5-7-16-8-6-13/h10,12H,2-9,11H2,1H3. The highest BCUT2D eigenvalue weighted by atomic mass is 32.2. The van der Waals surface area contributed by atoms with E-state index < -0.39 is 15.3 Å². The highest BCUT2D eigenvalue weighted by molar-refractivity contribution is 7.90. The van der Waals surface area contributed by atoms with Crippen LogP contribution in [0.2, 0.25) is 0 Å². The molecule has 3 N–H and O–H groups in total. The third-order valence-corrected chi connectivity index (χ3v) is 4.78. The minimum Gasteiger partial charge on any atom is -0.379 e. The molecule has 102 valence electrons. The number of rotatable bonds is 7. The highest BCUT2D eigenvalue weighted by Crippen LogP contribution is 1.99. The van der Waals surface area contributed by atoms with Crippen LogP contribution < -0.4 is 10.5 Å². The van der Waals surface area contributed by atoms with Crippen molar-refractivity contribution in [1.82, 2.24) is 9.62 Å². The molecule has 1 saturated heterocycles. The lowest BCUT2D eigenvalue weighted by Crippen LogP contribution is -2.40. The zero-order valence-corrected chi connectivity index (χ0v) is 11.2. The minimum atomic E-state index is -3.23. The SMILES string of the molecule is CC(CN)S(=O)(=O)NCCCN1CCOCC1. The summed E-state index contributed by atoms with van der Waals surface area (Å²) in [5.41, 5.74) is 5.34. The summed E-state index contributed by atoms with van der Waals surface area (Å²) < 4.78 is 31.0. The molecule has 0 saturated carbocycles. The average molecular weight is 265 g/mol. The molecule has 1 aliphatic rings. The Balaban J connectivity index is 2.15. The maximum Gasteiger partial charge on any atom is 0.215 e. The third-order valence-electron chi connectivity index (χ3n) is 2.92. The van der Waals surface area contributed by atoms with Crippen LogP contribution in [0.3, 0.4) is 0 Å². The Morgan fingerprint density at radius 2 is 2.06 bits per heavy atom. The first-order valence-corrected chi connectivity index (χ1v) is 7.59. The van der Waals surface area contributed by atoms with Crippen molar-refractivity contribution in [2.45, 2.75) is 18.6 Å². The number of morpholine rings is 1. The normalized spacial score (nSPS) is 20.4. The van der Waals surface area contributed by atoms with Gasteiger partial charge in [0.2, 0.25) is 10.0 Å². The zero-order valence-electron chi connectivity index (χ0n) is 10.4. The van der Waals surface area contributed by atoms with Crippen molar-refractivity contribution in [2.24, 2.45) is 5.73 Å². The lowest BCUT2D eigenvalue weighted by molar-refractivity contribution is 0.0376. The molecule has 0 radical (unpaired) electrons. The number of sulfonamides is 1. The fourth-order valence-electron chi connectivity index (χ4n) is 1.61. The molecule has 0 aromatic rings. The Hall–Kier alpha value is -0.210. The molecule has 0 bridgehead atoms. The molecule has 1 unspecified atom stereocenters. The molecule has 0 amide bonds. The van der Waals surface area contributed by atoms with Crippen LogP contribution in [0.1, 0.15) is 13.3 Å². The van der Waals surface area contributed by atoms with Crippen LogP contribution in [0.25, 0.3) is 0 Å². The molecule has 6 nitrogen and oxygen atoms in total. The van der Waals surface area contributed by atoms with Gasteiger partial charge in [-0.05, 0) is 19.9 Å². The van der Waals surface area contributed by atoms with Crippen molar-refractivity contribution in [1.29, 1.82) is 0 Å². The second-order valence-electron chi connectivity index (χ2n) is 4.29. The lowest BCUT2D eigenvalue weighted by atomic mass is 10.3. The monoisotopic (exact) mass is 265 g/mol. The van der Waals surface area contributed by atoms with Crippen molar-refractivity contribution >= 4 is 10.0 Å². The number of nitrogens with zero attached hydrogens (tertiary/aromatic N) is 1. The van der Waals surface area contributed by atoms with Gasteiger partial charge in [-0.1, -0.05) is 0 Å². The summed E-state index contributed by atoms with van der Waals surface area (Å²) in [5, 5.41) is -0.522. The van der Waals surface area contributed by atoms with Crippen molar-refractivity contribution in [3.8, 4) is 0 Å². The van der Waals surface area contributed by atoms with Gasteiger partial charge in [-0.3, -0.25) is 4.90 Å². The van der Waals surface area contributed by atoms with Gasteiger partial charge in [0.15, 0.2) is 0 Å². The first kappa shape index (κ1) is 14.8. The summed E-state index contributed by atoms with van der Waals surface area (Å²) in [5.74, 6) is 0. The summed E-state index contributed by atoms with van der Waals surface area (Å²) in [6, 6.07) is 0. The topological polar surface area (TPSA) is 84.7 Å². The van der Waals surface area contributed by atoms with Gasteiger partial charge < -0.3 is 10.5 Å². The van der Waals surface area contributed by atoms with Crippen molar-refractivity contribution in [3.63, 3.8) is 0 Å². The fourth-order valence-corrected chi connectivity index (χ4v) is 2.58. The number of nitrogens with two attached hydrogens (primary N) is 1. The molecule has 0 spiro atoms. The van der Waals surface area contributed by atoms with Gasteiger partial charge in [-0.15, -0.1) is 0 Å². The molecule has 1 fully saturated rings. The zero-order chi connectivity index (χ0) is 12.7. The number of hydrogen-bond acceptors (Lipinski definition) is 5. The number of hydrogen-bond donors (Lipinski definition) is 2. The smallest absolute Gasteiger partial charge is 0.215 e. The van der Waals surface area contributed by atoms with Crippen LogP contribution in [0.15, 0.2) is 0 Å². The van der Waals surface area contributed by atoms with Crippen LogP contribution in [-0.2, 0) is 14.8 Å². The molecule has 0 aliphatic carbocycles. The van der Waals surface area contributed by atoms with E-state index in [0.29, 0.717) is 6.54 Å². The van der Waals surface area contributed by atoms with Crippen molar-refractivity contribution in [3.05, 3.63) is 0 Å². The highest BCUT2D eigenvalue weighted by Gasteiger charge is 2.18. The molecule has 1 atom stereocenters. The lowest BCUT2D eigenvalue weighted by Gasteiger charge is -2.26. The van der Waals surface area contributed by atoms with Crippen LogP contribution >= 0.6 is 0 Å². The molecular formula is C10H23N3O3S. The van der Waals surface area contributed by atoms with E-state index in [0.717, 1.165) is 39.3 Å². The molecule has 17 heavy (non-hydrogen) atoms. The largest absolute Gasteiger partial charge is 0.379 e. The predicted molar refractivity (Wildman–Crippen MR) is 67.3 cm³/mol. The van der Waals surface area contributed by atoms with Crippen LogP contribution in [0.4, 0.5) is 0 Å². The van der Waals surface area contributed by atoms with Crippen LogP contribution in [0, 0.1) is 0 Å². The molecule has 1 heterocycles. The van der Waals surface area contributed by atoms with E-state index in [1.165, 1.54) is 0 Å². The van der Waals surface area contributed by atoms with Gasteiger partial charge in [0, 0.05) is 26.2 Å². The van der Waals surface area contributed by atoms with Gasteiger partial charge in [0.1, 0.15) is 0 Å². The Bertz CT molecular complexity index is 302. The fraction of sp³-hybridized carbons (Fsp3) is 1.00. The summed E-state index contributed by atoms with van der Waals surface area (Å²) in [4.78, 5) is 2.28. The molecule has 1 rings (SSSR count). The summed E-state index contributed by atoms with van der Waals surface area (Å²) in [6.45, 7) is 6.57. The van der Waals surface area contributed by atoms with E-state index in [-0.39, 0.29) is 6.54 Å². The second kappa shape index (κ2) is 7.27. The molecule has 0 aromatic carbocycles. The van der Waals surface area contributed by atoms with Crippen LogP contribution in [0.5, 0.6) is 0 Å². The molecular weight excluding hydrogens is 242 g/mol. The van der Waals surface area contributed by atoms with Gasteiger partial charge in [0.05, 0.1) is 18.5 Å². The second-order valence-corrected chi connectivity index (χ2v) is 6.48.